The lowest BCUT2D eigenvalue weighted by Crippen LogP contribution is -2.31. The van der Waals surface area contributed by atoms with Crippen LogP contribution in [0.3, 0.4) is 0 Å². The SMILES string of the molecule is CC1=CCC(C(C)COC2=CC(O)C(C(C)COCC3=CCC(C(C)C)CC3)CC2)CC1. The summed E-state index contributed by atoms with van der Waals surface area (Å²) in [6.07, 6.45) is 15.7. The van der Waals surface area contributed by atoms with Crippen LogP contribution in [-0.2, 0) is 9.47 Å². The molecule has 0 aromatic heterocycles. The molecule has 0 amide bonds. The fraction of sp³-hybridized carbons (Fsp3) is 0.793. The summed E-state index contributed by atoms with van der Waals surface area (Å²) in [6, 6.07) is 0. The molecule has 0 bridgehead atoms. The van der Waals surface area contributed by atoms with E-state index in [0.29, 0.717) is 11.8 Å². The Morgan fingerprint density at radius 2 is 1.66 bits per heavy atom. The zero-order valence-corrected chi connectivity index (χ0v) is 21.3. The number of ether oxygens (including phenoxy) is 2. The van der Waals surface area contributed by atoms with Crippen LogP contribution in [0.15, 0.2) is 35.1 Å². The van der Waals surface area contributed by atoms with Gasteiger partial charge in [-0.1, -0.05) is 45.4 Å². The molecule has 0 aromatic carbocycles. The minimum atomic E-state index is -0.423. The van der Waals surface area contributed by atoms with Crippen molar-refractivity contribution in [2.45, 2.75) is 92.1 Å². The average Bonchev–Trinajstić information content (AvgIpc) is 2.78. The summed E-state index contributed by atoms with van der Waals surface area (Å²) < 4.78 is 12.2. The van der Waals surface area contributed by atoms with E-state index in [2.05, 4.69) is 46.8 Å². The molecule has 3 aliphatic carbocycles. The van der Waals surface area contributed by atoms with Gasteiger partial charge >= 0.3 is 0 Å². The smallest absolute Gasteiger partial charge is 0.0945 e. The molecular formula is C29H48O3. The average molecular weight is 445 g/mol. The van der Waals surface area contributed by atoms with Gasteiger partial charge in [0, 0.05) is 13.0 Å². The Hall–Kier alpha value is -1.06. The van der Waals surface area contributed by atoms with Crippen molar-refractivity contribution in [1.29, 1.82) is 0 Å². The van der Waals surface area contributed by atoms with Crippen LogP contribution in [-0.4, -0.2) is 31.0 Å². The maximum absolute atomic E-state index is 10.8. The minimum Gasteiger partial charge on any atom is -0.498 e. The van der Waals surface area contributed by atoms with Gasteiger partial charge in [-0.25, -0.2) is 0 Å². The van der Waals surface area contributed by atoms with E-state index in [9.17, 15) is 5.11 Å². The van der Waals surface area contributed by atoms with E-state index in [-0.39, 0.29) is 5.92 Å². The lowest BCUT2D eigenvalue weighted by Gasteiger charge is -2.32. The highest BCUT2D eigenvalue weighted by molar-refractivity contribution is 5.08. The van der Waals surface area contributed by atoms with E-state index in [1.54, 1.807) is 0 Å². The highest BCUT2D eigenvalue weighted by Crippen LogP contribution is 2.34. The first-order chi connectivity index (χ1) is 15.3. The molecule has 0 spiro atoms. The Labute approximate surface area is 197 Å². The van der Waals surface area contributed by atoms with Crippen LogP contribution in [0.5, 0.6) is 0 Å². The van der Waals surface area contributed by atoms with Crippen molar-refractivity contribution >= 4 is 0 Å². The third-order valence-electron chi connectivity index (χ3n) is 8.42. The van der Waals surface area contributed by atoms with Gasteiger partial charge in [0.2, 0.25) is 0 Å². The van der Waals surface area contributed by atoms with E-state index < -0.39 is 6.10 Å². The Bertz CT molecular complexity index is 674. The van der Waals surface area contributed by atoms with Crippen molar-refractivity contribution in [3.8, 4) is 0 Å². The first-order valence-corrected chi connectivity index (χ1v) is 13.3. The lowest BCUT2D eigenvalue weighted by atomic mass is 9.81. The molecule has 32 heavy (non-hydrogen) atoms. The molecular weight excluding hydrogens is 396 g/mol. The molecule has 0 heterocycles. The fourth-order valence-electron chi connectivity index (χ4n) is 5.64. The molecule has 3 rings (SSSR count). The van der Waals surface area contributed by atoms with Crippen molar-refractivity contribution in [2.75, 3.05) is 19.8 Å². The molecule has 0 fully saturated rings. The number of aliphatic hydroxyl groups is 1. The molecule has 3 nitrogen and oxygen atoms in total. The third-order valence-corrected chi connectivity index (χ3v) is 8.42. The van der Waals surface area contributed by atoms with Crippen molar-refractivity contribution in [3.63, 3.8) is 0 Å². The topological polar surface area (TPSA) is 38.7 Å². The van der Waals surface area contributed by atoms with Crippen LogP contribution >= 0.6 is 0 Å². The zero-order chi connectivity index (χ0) is 23.1. The molecule has 1 N–H and O–H groups in total. The molecule has 0 saturated carbocycles. The van der Waals surface area contributed by atoms with Crippen molar-refractivity contribution in [2.24, 2.45) is 35.5 Å². The van der Waals surface area contributed by atoms with Gasteiger partial charge in [-0.15, -0.1) is 0 Å². The quantitative estimate of drug-likeness (QED) is 0.366. The number of allylic oxidation sites excluding steroid dienone is 4. The van der Waals surface area contributed by atoms with Crippen molar-refractivity contribution < 1.29 is 14.6 Å². The van der Waals surface area contributed by atoms with Gasteiger partial charge in [-0.3, -0.25) is 0 Å². The summed E-state index contributed by atoms with van der Waals surface area (Å²) in [7, 11) is 0. The first kappa shape index (κ1) is 25.6. The van der Waals surface area contributed by atoms with Crippen LogP contribution in [0, 0.1) is 35.5 Å². The second-order valence-electron chi connectivity index (χ2n) is 11.3. The predicted molar refractivity (Wildman–Crippen MR) is 133 cm³/mol. The Balaban J connectivity index is 1.36. The van der Waals surface area contributed by atoms with E-state index in [4.69, 9.17) is 9.47 Å². The number of rotatable bonds is 10. The monoisotopic (exact) mass is 444 g/mol. The van der Waals surface area contributed by atoms with Gasteiger partial charge in [0.15, 0.2) is 0 Å². The Morgan fingerprint density at radius 1 is 0.906 bits per heavy atom. The summed E-state index contributed by atoms with van der Waals surface area (Å²) in [4.78, 5) is 0. The second-order valence-corrected chi connectivity index (χ2v) is 11.3. The fourth-order valence-corrected chi connectivity index (χ4v) is 5.64. The van der Waals surface area contributed by atoms with E-state index >= 15 is 0 Å². The molecule has 0 aliphatic heterocycles. The van der Waals surface area contributed by atoms with Gasteiger partial charge in [-0.2, -0.15) is 0 Å². The Morgan fingerprint density at radius 3 is 2.28 bits per heavy atom. The van der Waals surface area contributed by atoms with E-state index in [1.165, 1.54) is 49.7 Å². The van der Waals surface area contributed by atoms with Gasteiger partial charge < -0.3 is 14.6 Å². The lowest BCUT2D eigenvalue weighted by molar-refractivity contribution is 0.0333. The standard InChI is InChI=1S/C29H48O3/c1-20(2)25-12-8-24(9-13-25)19-31-17-23(5)28-15-14-27(16-29(28)30)32-18-22(4)26-10-6-21(3)7-11-26/h6,8,16,20,22-23,25-26,28-30H,7,9-15,17-19H2,1-5H3. The van der Waals surface area contributed by atoms with Crippen LogP contribution < -0.4 is 0 Å². The predicted octanol–water partition coefficient (Wildman–Crippen LogP) is 7.08. The van der Waals surface area contributed by atoms with Crippen molar-refractivity contribution in [1.82, 2.24) is 0 Å². The van der Waals surface area contributed by atoms with Gasteiger partial charge in [0.25, 0.3) is 0 Å². The molecule has 0 saturated heterocycles. The largest absolute Gasteiger partial charge is 0.498 e. The van der Waals surface area contributed by atoms with Crippen molar-refractivity contribution in [3.05, 3.63) is 35.1 Å². The first-order valence-electron chi connectivity index (χ1n) is 13.3. The summed E-state index contributed by atoms with van der Waals surface area (Å²) in [5, 5.41) is 10.8. The summed E-state index contributed by atoms with van der Waals surface area (Å²) in [6.45, 7) is 13.7. The van der Waals surface area contributed by atoms with Crippen LogP contribution in [0.4, 0.5) is 0 Å². The van der Waals surface area contributed by atoms with Crippen LogP contribution in [0.1, 0.15) is 86.0 Å². The van der Waals surface area contributed by atoms with Gasteiger partial charge in [-0.05, 0) is 99.0 Å². The molecule has 182 valence electrons. The van der Waals surface area contributed by atoms with Crippen LogP contribution in [0.25, 0.3) is 0 Å². The molecule has 3 heteroatoms. The van der Waals surface area contributed by atoms with Gasteiger partial charge in [0.05, 0.1) is 25.1 Å². The number of hydrogen-bond acceptors (Lipinski definition) is 3. The van der Waals surface area contributed by atoms with E-state index in [0.717, 1.165) is 56.2 Å². The highest BCUT2D eigenvalue weighted by atomic mass is 16.5. The molecule has 0 aromatic rings. The molecule has 3 aliphatic rings. The number of aliphatic hydroxyl groups excluding tert-OH is 1. The highest BCUT2D eigenvalue weighted by Gasteiger charge is 2.29. The summed E-state index contributed by atoms with van der Waals surface area (Å²) in [5.74, 6) is 4.51. The van der Waals surface area contributed by atoms with Crippen LogP contribution in [0.2, 0.25) is 0 Å². The molecule has 0 radical (unpaired) electrons. The summed E-state index contributed by atoms with van der Waals surface area (Å²) >= 11 is 0. The molecule has 6 atom stereocenters. The second kappa shape index (κ2) is 12.4. The summed E-state index contributed by atoms with van der Waals surface area (Å²) in [5.41, 5.74) is 3.00. The molecule has 6 unspecified atom stereocenters. The number of hydrogen-bond donors (Lipinski definition) is 1. The Kier molecular flexibility index (Phi) is 9.92. The van der Waals surface area contributed by atoms with Gasteiger partial charge in [0.1, 0.15) is 0 Å². The van der Waals surface area contributed by atoms with E-state index in [1.807, 2.05) is 6.08 Å². The normalized spacial score (nSPS) is 30.9. The maximum Gasteiger partial charge on any atom is 0.0945 e. The maximum atomic E-state index is 10.8. The zero-order valence-electron chi connectivity index (χ0n) is 21.3. The third kappa shape index (κ3) is 7.48. The minimum absolute atomic E-state index is 0.261.